The van der Waals surface area contributed by atoms with Crippen LogP contribution in [0.1, 0.15) is 24.5 Å². The predicted octanol–water partition coefficient (Wildman–Crippen LogP) is 2.31. The quantitative estimate of drug-likeness (QED) is 0.475. The lowest BCUT2D eigenvalue weighted by molar-refractivity contribution is -0.151. The van der Waals surface area contributed by atoms with Crippen LogP contribution in [0.3, 0.4) is 0 Å². The number of rotatable bonds is 2. The van der Waals surface area contributed by atoms with Crippen LogP contribution >= 0.6 is 15.9 Å². The number of ketones is 1. The summed E-state index contributed by atoms with van der Waals surface area (Å²) in [5, 5.41) is 0.707. The van der Waals surface area contributed by atoms with Gasteiger partial charge in [0.1, 0.15) is 6.42 Å². The van der Waals surface area contributed by atoms with E-state index in [9.17, 15) is 9.59 Å². The molecule has 84 valence electrons. The van der Waals surface area contributed by atoms with E-state index in [1.807, 2.05) is 24.3 Å². The highest BCUT2D eigenvalue weighted by Crippen LogP contribution is 2.33. The van der Waals surface area contributed by atoms with Gasteiger partial charge >= 0.3 is 5.97 Å². The number of halogens is 1. The second-order valence-corrected chi connectivity index (χ2v) is 4.50. The summed E-state index contributed by atoms with van der Waals surface area (Å²) in [5.74, 6) is -0.624. The summed E-state index contributed by atoms with van der Waals surface area (Å²) in [6.07, 6.45) is -0.130. The van der Waals surface area contributed by atoms with Gasteiger partial charge in [0, 0.05) is 10.9 Å². The fraction of sp³-hybridized carbons (Fsp3) is 0.333. The molecule has 0 radical (unpaired) electrons. The lowest BCUT2D eigenvalue weighted by Crippen LogP contribution is -2.29. The molecule has 0 saturated carbocycles. The number of carbonyl (C=O) groups is 2. The molecule has 1 heterocycles. The zero-order valence-electron chi connectivity index (χ0n) is 8.83. The summed E-state index contributed by atoms with van der Waals surface area (Å²) >= 11 is 3.35. The molecule has 0 aromatic heterocycles. The van der Waals surface area contributed by atoms with Crippen LogP contribution in [0.25, 0.3) is 0 Å². The second kappa shape index (κ2) is 4.01. The number of alkyl halides is 1. The topological polar surface area (TPSA) is 43.4 Å². The van der Waals surface area contributed by atoms with Gasteiger partial charge in [0.15, 0.2) is 11.4 Å². The Morgan fingerprint density at radius 2 is 2.19 bits per heavy atom. The fourth-order valence-corrected chi connectivity index (χ4v) is 2.14. The van der Waals surface area contributed by atoms with Crippen molar-refractivity contribution in [1.29, 1.82) is 0 Å². The molecule has 1 aliphatic heterocycles. The van der Waals surface area contributed by atoms with E-state index in [2.05, 4.69) is 15.9 Å². The Morgan fingerprint density at radius 3 is 2.75 bits per heavy atom. The molecule has 1 aromatic rings. The number of benzene rings is 1. The first kappa shape index (κ1) is 11.3. The molecule has 0 amide bonds. The molecule has 3 nitrogen and oxygen atoms in total. The van der Waals surface area contributed by atoms with Crippen molar-refractivity contribution in [3.63, 3.8) is 0 Å². The van der Waals surface area contributed by atoms with E-state index in [0.29, 0.717) is 5.33 Å². The average molecular weight is 283 g/mol. The molecule has 1 aromatic carbocycles. The molecule has 16 heavy (non-hydrogen) atoms. The number of cyclic esters (lactones) is 1. The van der Waals surface area contributed by atoms with Crippen LogP contribution in [0.2, 0.25) is 0 Å². The molecule has 4 heteroatoms. The van der Waals surface area contributed by atoms with Crippen LogP contribution in [-0.4, -0.2) is 11.8 Å². The predicted molar refractivity (Wildman–Crippen MR) is 62.1 cm³/mol. The fourth-order valence-electron chi connectivity index (χ4n) is 1.79. The first-order chi connectivity index (χ1) is 7.56. The Morgan fingerprint density at radius 1 is 1.44 bits per heavy atom. The molecular formula is C12H11BrO3. The number of Topliss-reactive ketones (excluding diaryl/α,β-unsaturated/α-hetero) is 1. The number of carbonyl (C=O) groups excluding carboxylic acids is 2. The lowest BCUT2D eigenvalue weighted by atomic mass is 9.91. The number of hydrogen-bond donors (Lipinski definition) is 0. The average Bonchev–Trinajstić information content (AvgIpc) is 2.54. The maximum absolute atomic E-state index is 11.7. The third kappa shape index (κ3) is 1.78. The van der Waals surface area contributed by atoms with Gasteiger partial charge in [0.25, 0.3) is 0 Å². The van der Waals surface area contributed by atoms with Crippen molar-refractivity contribution in [1.82, 2.24) is 0 Å². The maximum atomic E-state index is 11.7. The number of esters is 1. The summed E-state index contributed by atoms with van der Waals surface area (Å²) in [5.41, 5.74) is 0.685. The Kier molecular flexibility index (Phi) is 2.84. The molecule has 1 saturated heterocycles. The van der Waals surface area contributed by atoms with Gasteiger partial charge in [-0.1, -0.05) is 40.2 Å². The van der Waals surface area contributed by atoms with E-state index in [-0.39, 0.29) is 12.2 Å². The van der Waals surface area contributed by atoms with Crippen LogP contribution in [0, 0.1) is 0 Å². The molecule has 0 aliphatic carbocycles. The highest BCUT2D eigenvalue weighted by Gasteiger charge is 2.45. The van der Waals surface area contributed by atoms with Gasteiger partial charge in [-0.25, -0.2) is 0 Å². The minimum atomic E-state index is -1.10. The van der Waals surface area contributed by atoms with Crippen molar-refractivity contribution in [2.24, 2.45) is 0 Å². The van der Waals surface area contributed by atoms with Gasteiger partial charge in [-0.15, -0.1) is 0 Å². The van der Waals surface area contributed by atoms with Crippen LogP contribution in [0.15, 0.2) is 24.3 Å². The van der Waals surface area contributed by atoms with E-state index in [1.54, 1.807) is 6.92 Å². The monoisotopic (exact) mass is 282 g/mol. The van der Waals surface area contributed by atoms with Gasteiger partial charge in [0.05, 0.1) is 0 Å². The maximum Gasteiger partial charge on any atom is 0.314 e. The third-order valence-corrected chi connectivity index (χ3v) is 3.43. The van der Waals surface area contributed by atoms with Crippen LogP contribution < -0.4 is 0 Å². The molecular weight excluding hydrogens is 272 g/mol. The summed E-state index contributed by atoms with van der Waals surface area (Å²) in [4.78, 5) is 22.9. The van der Waals surface area contributed by atoms with E-state index in [0.717, 1.165) is 11.1 Å². The normalized spacial score (nSPS) is 24.6. The van der Waals surface area contributed by atoms with Gasteiger partial charge in [-0.2, -0.15) is 0 Å². The minimum Gasteiger partial charge on any atom is -0.446 e. The van der Waals surface area contributed by atoms with Gasteiger partial charge < -0.3 is 4.74 Å². The molecule has 0 bridgehead atoms. The highest BCUT2D eigenvalue weighted by atomic mass is 79.9. The van der Waals surface area contributed by atoms with E-state index in [1.165, 1.54) is 0 Å². The smallest absolute Gasteiger partial charge is 0.314 e. The van der Waals surface area contributed by atoms with E-state index >= 15 is 0 Å². The van der Waals surface area contributed by atoms with Crippen molar-refractivity contribution in [2.75, 3.05) is 0 Å². The molecule has 0 N–H and O–H groups in total. The van der Waals surface area contributed by atoms with Gasteiger partial charge in [-0.05, 0) is 12.5 Å². The largest absolute Gasteiger partial charge is 0.446 e. The van der Waals surface area contributed by atoms with E-state index in [4.69, 9.17) is 4.74 Å². The first-order valence-electron chi connectivity index (χ1n) is 4.97. The Hall–Kier alpha value is -1.16. The molecule has 1 atom stereocenters. The summed E-state index contributed by atoms with van der Waals surface area (Å²) in [7, 11) is 0. The van der Waals surface area contributed by atoms with Crippen molar-refractivity contribution >= 4 is 27.7 Å². The Balaban J connectivity index is 2.43. The zero-order valence-corrected chi connectivity index (χ0v) is 10.4. The van der Waals surface area contributed by atoms with Crippen molar-refractivity contribution in [2.45, 2.75) is 24.3 Å². The summed E-state index contributed by atoms with van der Waals surface area (Å²) < 4.78 is 5.14. The summed E-state index contributed by atoms with van der Waals surface area (Å²) in [6, 6.07) is 7.49. The minimum absolute atomic E-state index is 0.130. The molecule has 1 aliphatic rings. The van der Waals surface area contributed by atoms with Crippen LogP contribution in [0.5, 0.6) is 0 Å². The Bertz CT molecular complexity index is 455. The van der Waals surface area contributed by atoms with E-state index < -0.39 is 11.6 Å². The molecule has 1 fully saturated rings. The van der Waals surface area contributed by atoms with Crippen LogP contribution in [-0.2, 0) is 25.3 Å². The lowest BCUT2D eigenvalue weighted by Gasteiger charge is -2.21. The number of hydrogen-bond acceptors (Lipinski definition) is 3. The summed E-state index contributed by atoms with van der Waals surface area (Å²) in [6.45, 7) is 1.65. The second-order valence-electron chi connectivity index (χ2n) is 3.94. The third-order valence-electron chi connectivity index (χ3n) is 2.79. The first-order valence-corrected chi connectivity index (χ1v) is 6.09. The van der Waals surface area contributed by atoms with Crippen molar-refractivity contribution in [3.05, 3.63) is 35.4 Å². The van der Waals surface area contributed by atoms with Gasteiger partial charge in [0.2, 0.25) is 0 Å². The van der Waals surface area contributed by atoms with Crippen molar-refractivity contribution in [3.8, 4) is 0 Å². The standard InChI is InChI=1S/C12H11BrO3/c1-12(10(14)6-11(15)16-12)9-4-2-3-8(5-9)7-13/h2-5H,6-7H2,1H3/t12-/m1/s1. The molecule has 0 spiro atoms. The molecule has 2 rings (SSSR count). The SMILES string of the molecule is C[C@]1(c2cccc(CBr)c2)OC(=O)CC1=O. The number of ether oxygens (including phenoxy) is 1. The van der Waals surface area contributed by atoms with Crippen LogP contribution in [0.4, 0.5) is 0 Å². The van der Waals surface area contributed by atoms with Gasteiger partial charge in [-0.3, -0.25) is 9.59 Å². The molecule has 0 unspecified atom stereocenters. The Labute approximate surface area is 102 Å². The zero-order chi connectivity index (χ0) is 11.8. The highest BCUT2D eigenvalue weighted by molar-refractivity contribution is 9.08. The van der Waals surface area contributed by atoms with Crippen molar-refractivity contribution < 1.29 is 14.3 Å².